The molecule has 2 amide bonds. The second-order valence-corrected chi connectivity index (χ2v) is 14.3. The maximum absolute atomic E-state index is 13.1. The van der Waals surface area contributed by atoms with Gasteiger partial charge >= 0.3 is 6.03 Å². The molecular formula is C39H52N8O4. The average molecular weight is 697 g/mol. The first kappa shape index (κ1) is 37.4. The Morgan fingerprint density at radius 1 is 0.980 bits per heavy atom. The zero-order valence-electron chi connectivity index (χ0n) is 30.3. The van der Waals surface area contributed by atoms with Gasteiger partial charge in [-0.3, -0.25) is 25.6 Å². The summed E-state index contributed by atoms with van der Waals surface area (Å²) >= 11 is 0. The van der Waals surface area contributed by atoms with Crippen LogP contribution in [0, 0.1) is 28.6 Å². The lowest BCUT2D eigenvalue weighted by atomic mass is 9.88. The van der Waals surface area contributed by atoms with Gasteiger partial charge in [-0.2, -0.15) is 0 Å². The van der Waals surface area contributed by atoms with Crippen molar-refractivity contribution in [2.75, 3.05) is 39.5 Å². The standard InChI is InChI=1S/C39H52N8O4/c1-27-8-10-29(11-9-27)43-36(25-34(40)39(2,3)4)45-38(48)44-30-12-14-31(15-13-30)51-33-16-17-35(41)47(26-33)37(42)28-6-5-7-32(24-28)50-23-20-46-18-21-49-22-19-46/h5-11,16-17,24,26,30-31,40-42H,12-15,18-23,25H2,1-4H3,(H2,43,44,45,48). The van der Waals surface area contributed by atoms with Crippen LogP contribution in [-0.4, -0.2) is 84.5 Å². The van der Waals surface area contributed by atoms with Crippen molar-refractivity contribution in [2.45, 2.75) is 71.9 Å². The molecule has 1 aromatic heterocycles. The average Bonchev–Trinajstić information content (AvgIpc) is 3.11. The van der Waals surface area contributed by atoms with Crippen LogP contribution in [0.25, 0.3) is 0 Å². The molecule has 1 aliphatic heterocycles. The SMILES string of the molecule is Cc1ccc(N=C(CC(=N)C(C)(C)C)NC(=O)NC2CCC(Oc3ccc(=N)n(C(=N)c4cccc(OCCN5CCOCC5)c4)c3)CC2)cc1. The van der Waals surface area contributed by atoms with Crippen LogP contribution in [0.4, 0.5) is 10.5 Å². The van der Waals surface area contributed by atoms with Gasteiger partial charge in [0.2, 0.25) is 0 Å². The molecule has 0 atom stereocenters. The molecule has 12 nitrogen and oxygen atoms in total. The monoisotopic (exact) mass is 696 g/mol. The molecule has 272 valence electrons. The largest absolute Gasteiger partial charge is 0.492 e. The van der Waals surface area contributed by atoms with E-state index in [-0.39, 0.29) is 41.3 Å². The van der Waals surface area contributed by atoms with Crippen LogP contribution in [0.1, 0.15) is 64.0 Å². The molecule has 1 saturated heterocycles. The first-order valence-corrected chi connectivity index (χ1v) is 17.8. The highest BCUT2D eigenvalue weighted by atomic mass is 16.5. The van der Waals surface area contributed by atoms with Crippen molar-refractivity contribution >= 4 is 29.1 Å². The Bertz CT molecular complexity index is 1750. The molecule has 3 aromatic rings. The van der Waals surface area contributed by atoms with Crippen LogP contribution in [-0.2, 0) is 4.74 Å². The number of carbonyl (C=O) groups is 1. The van der Waals surface area contributed by atoms with E-state index in [0.29, 0.717) is 35.2 Å². The molecule has 0 unspecified atom stereocenters. The predicted octanol–water partition coefficient (Wildman–Crippen LogP) is 6.04. The van der Waals surface area contributed by atoms with Crippen LogP contribution >= 0.6 is 0 Å². The summed E-state index contributed by atoms with van der Waals surface area (Å²) in [6, 6.07) is 18.2. The van der Waals surface area contributed by atoms with Gasteiger partial charge < -0.3 is 24.9 Å². The molecule has 0 bridgehead atoms. The van der Waals surface area contributed by atoms with Gasteiger partial charge in [0.25, 0.3) is 0 Å². The van der Waals surface area contributed by atoms with Crippen LogP contribution in [0.15, 0.2) is 71.9 Å². The van der Waals surface area contributed by atoms with Crippen molar-refractivity contribution in [3.8, 4) is 11.5 Å². The molecule has 5 rings (SSSR count). The van der Waals surface area contributed by atoms with E-state index in [1.54, 1.807) is 18.3 Å². The highest BCUT2D eigenvalue weighted by molar-refractivity contribution is 6.09. The summed E-state index contributed by atoms with van der Waals surface area (Å²) in [6.45, 7) is 12.6. The number of carbonyl (C=O) groups excluding carboxylic acids is 1. The van der Waals surface area contributed by atoms with Crippen LogP contribution < -0.4 is 25.6 Å². The van der Waals surface area contributed by atoms with E-state index >= 15 is 0 Å². The van der Waals surface area contributed by atoms with E-state index in [4.69, 9.17) is 30.4 Å². The molecule has 12 heteroatoms. The minimum absolute atomic E-state index is 0.0235. The normalized spacial score (nSPS) is 18.5. The van der Waals surface area contributed by atoms with Crippen molar-refractivity contribution < 1.29 is 19.0 Å². The number of hydrogen-bond donors (Lipinski definition) is 5. The number of pyridine rings is 1. The van der Waals surface area contributed by atoms with Crippen molar-refractivity contribution in [1.82, 2.24) is 20.1 Å². The van der Waals surface area contributed by atoms with Gasteiger partial charge in [0.05, 0.1) is 31.2 Å². The summed E-state index contributed by atoms with van der Waals surface area (Å²) in [4.78, 5) is 20.1. The quantitative estimate of drug-likeness (QED) is 0.122. The zero-order chi connectivity index (χ0) is 36.4. The highest BCUT2D eigenvalue weighted by Gasteiger charge is 2.25. The number of benzene rings is 2. The highest BCUT2D eigenvalue weighted by Crippen LogP contribution is 2.24. The lowest BCUT2D eigenvalue weighted by molar-refractivity contribution is 0.0322. The summed E-state index contributed by atoms with van der Waals surface area (Å²) < 4.78 is 19.2. The Hall–Kier alpha value is -4.81. The van der Waals surface area contributed by atoms with Crippen LogP contribution in [0.5, 0.6) is 11.5 Å². The Morgan fingerprint density at radius 2 is 1.71 bits per heavy atom. The number of aliphatic imine (C=N–C) groups is 1. The van der Waals surface area contributed by atoms with Crippen molar-refractivity contribution in [3.05, 3.63) is 83.5 Å². The molecule has 5 N–H and O–H groups in total. The van der Waals surface area contributed by atoms with Gasteiger partial charge in [0.1, 0.15) is 35.3 Å². The number of amides is 2. The van der Waals surface area contributed by atoms with Gasteiger partial charge in [-0.25, -0.2) is 9.79 Å². The van der Waals surface area contributed by atoms with Crippen molar-refractivity contribution in [3.63, 3.8) is 0 Å². The first-order valence-electron chi connectivity index (χ1n) is 17.8. The molecule has 0 radical (unpaired) electrons. The number of morpholine rings is 1. The van der Waals surface area contributed by atoms with Crippen LogP contribution in [0.2, 0.25) is 0 Å². The fourth-order valence-electron chi connectivity index (χ4n) is 5.91. The van der Waals surface area contributed by atoms with Crippen LogP contribution in [0.3, 0.4) is 0 Å². The number of rotatable bonds is 11. The third-order valence-corrected chi connectivity index (χ3v) is 9.17. The zero-order valence-corrected chi connectivity index (χ0v) is 30.3. The number of ether oxygens (including phenoxy) is 3. The fraction of sp³-hybridized carbons (Fsp3) is 0.462. The Labute approximate surface area is 300 Å². The lowest BCUT2D eigenvalue weighted by Gasteiger charge is -2.30. The summed E-state index contributed by atoms with van der Waals surface area (Å²) in [5.41, 5.74) is 2.81. The van der Waals surface area contributed by atoms with Crippen molar-refractivity contribution in [2.24, 2.45) is 10.4 Å². The third kappa shape index (κ3) is 11.3. The molecule has 1 aliphatic carbocycles. The number of urea groups is 1. The van der Waals surface area contributed by atoms with Gasteiger partial charge in [-0.15, -0.1) is 0 Å². The maximum atomic E-state index is 13.1. The summed E-state index contributed by atoms with van der Waals surface area (Å²) in [6.07, 6.45) is 4.85. The number of nitrogens with zero attached hydrogens (tertiary/aromatic N) is 3. The maximum Gasteiger partial charge on any atom is 0.320 e. The topological polar surface area (TPSA) is 161 Å². The Kier molecular flexibility index (Phi) is 12.8. The molecule has 0 spiro atoms. The van der Waals surface area contributed by atoms with Gasteiger partial charge in [-0.05, 0) is 74.4 Å². The summed E-state index contributed by atoms with van der Waals surface area (Å²) in [5, 5.41) is 31.9. The summed E-state index contributed by atoms with van der Waals surface area (Å²) in [7, 11) is 0. The number of nitrogens with one attached hydrogen (secondary N) is 5. The molecule has 2 aliphatic rings. The molecule has 2 aromatic carbocycles. The number of hydrogen-bond acceptors (Lipinski definition) is 9. The van der Waals surface area contributed by atoms with E-state index < -0.39 is 0 Å². The molecule has 2 fully saturated rings. The number of aromatic nitrogens is 1. The predicted molar refractivity (Wildman–Crippen MR) is 200 cm³/mol. The second-order valence-electron chi connectivity index (χ2n) is 14.3. The molecule has 2 heterocycles. The molecule has 1 saturated carbocycles. The van der Waals surface area contributed by atoms with Crippen molar-refractivity contribution in [1.29, 1.82) is 16.2 Å². The Morgan fingerprint density at radius 3 is 2.41 bits per heavy atom. The Balaban J connectivity index is 1.13. The third-order valence-electron chi connectivity index (χ3n) is 9.17. The van der Waals surface area contributed by atoms with E-state index in [0.717, 1.165) is 69.8 Å². The second kappa shape index (κ2) is 17.4. The van der Waals surface area contributed by atoms with E-state index in [2.05, 4.69) is 20.5 Å². The molecule has 51 heavy (non-hydrogen) atoms. The van der Waals surface area contributed by atoms with Gasteiger partial charge in [0.15, 0.2) is 0 Å². The fourth-order valence-corrected chi connectivity index (χ4v) is 5.91. The summed E-state index contributed by atoms with van der Waals surface area (Å²) in [5.74, 6) is 1.86. The lowest BCUT2D eigenvalue weighted by Crippen LogP contribution is -2.47. The van der Waals surface area contributed by atoms with E-state index in [9.17, 15) is 4.79 Å². The number of amidine groups is 1. The minimum Gasteiger partial charge on any atom is -0.492 e. The molecular weight excluding hydrogens is 644 g/mol. The number of aryl methyl sites for hydroxylation is 1. The van der Waals surface area contributed by atoms with E-state index in [1.807, 2.05) is 76.2 Å². The minimum atomic E-state index is -0.339. The smallest absolute Gasteiger partial charge is 0.320 e. The van der Waals surface area contributed by atoms with Gasteiger partial charge in [-0.1, -0.05) is 50.6 Å². The van der Waals surface area contributed by atoms with Gasteiger partial charge in [0, 0.05) is 43.4 Å². The van der Waals surface area contributed by atoms with E-state index in [1.165, 1.54) is 4.57 Å². The first-order chi connectivity index (χ1) is 24.4.